The van der Waals surface area contributed by atoms with E-state index in [-0.39, 0.29) is 23.7 Å². The molecule has 0 amide bonds. The maximum Gasteiger partial charge on any atom is 0.246 e. The Bertz CT molecular complexity index is 602. The Morgan fingerprint density at radius 2 is 2.11 bits per heavy atom. The van der Waals surface area contributed by atoms with Crippen molar-refractivity contribution in [2.45, 2.75) is 18.4 Å². The molecule has 1 aromatic carbocycles. The topological polar surface area (TPSA) is 63.4 Å². The largest absolute Gasteiger partial charge is 0.326 e. The molecule has 2 N–H and O–H groups in total. The average Bonchev–Trinajstić information content (AvgIpc) is 2.30. The molecule has 0 aliphatic heterocycles. The number of rotatable bonds is 5. The van der Waals surface area contributed by atoms with E-state index in [1.54, 1.807) is 6.92 Å². The molecule has 106 valence electrons. The van der Waals surface area contributed by atoms with Gasteiger partial charge in [0, 0.05) is 30.7 Å². The Morgan fingerprint density at radius 3 is 2.58 bits per heavy atom. The smallest absolute Gasteiger partial charge is 0.246 e. The van der Waals surface area contributed by atoms with Crippen molar-refractivity contribution >= 4 is 21.6 Å². The first-order chi connectivity index (χ1) is 8.70. The molecule has 19 heavy (non-hydrogen) atoms. The number of hydrogen-bond donors (Lipinski definition) is 1. The van der Waals surface area contributed by atoms with Crippen LogP contribution in [0, 0.1) is 5.82 Å². The molecule has 0 aliphatic carbocycles. The fourth-order valence-corrected chi connectivity index (χ4v) is 3.25. The van der Waals surface area contributed by atoms with E-state index in [2.05, 4.69) is 6.58 Å². The highest BCUT2D eigenvalue weighted by Crippen LogP contribution is 2.25. The zero-order valence-electron chi connectivity index (χ0n) is 10.8. The van der Waals surface area contributed by atoms with Crippen molar-refractivity contribution in [3.63, 3.8) is 0 Å². The number of halogens is 2. The van der Waals surface area contributed by atoms with Crippen LogP contribution in [0.25, 0.3) is 0 Å². The number of hydrogen-bond acceptors (Lipinski definition) is 3. The summed E-state index contributed by atoms with van der Waals surface area (Å²) in [5.41, 5.74) is 6.08. The Kier molecular flexibility index (Phi) is 5.09. The first-order valence-electron chi connectivity index (χ1n) is 5.49. The van der Waals surface area contributed by atoms with Gasteiger partial charge in [0.2, 0.25) is 10.0 Å². The normalized spacial score (nSPS) is 11.9. The number of nitrogens with zero attached hydrogens (tertiary/aromatic N) is 1. The van der Waals surface area contributed by atoms with Crippen LogP contribution in [0.15, 0.2) is 29.2 Å². The predicted molar refractivity (Wildman–Crippen MR) is 73.9 cm³/mol. The lowest BCUT2D eigenvalue weighted by Gasteiger charge is -2.18. The van der Waals surface area contributed by atoms with Crippen LogP contribution in [-0.4, -0.2) is 26.3 Å². The fraction of sp³-hybridized carbons (Fsp3) is 0.333. The maximum absolute atomic E-state index is 14.1. The molecule has 4 nitrogen and oxygen atoms in total. The summed E-state index contributed by atoms with van der Waals surface area (Å²) in [5.74, 6) is -0.861. The summed E-state index contributed by atoms with van der Waals surface area (Å²) in [5, 5.41) is 0.129. The third kappa shape index (κ3) is 3.54. The van der Waals surface area contributed by atoms with Crippen LogP contribution in [0.1, 0.15) is 12.5 Å². The van der Waals surface area contributed by atoms with Crippen LogP contribution >= 0.6 is 11.6 Å². The molecule has 1 rings (SSSR count). The molecule has 0 radical (unpaired) electrons. The lowest BCUT2D eigenvalue weighted by Crippen LogP contribution is -2.29. The zero-order valence-corrected chi connectivity index (χ0v) is 12.4. The van der Waals surface area contributed by atoms with Gasteiger partial charge in [0.1, 0.15) is 10.7 Å². The van der Waals surface area contributed by atoms with Crippen molar-refractivity contribution in [1.82, 2.24) is 4.31 Å². The van der Waals surface area contributed by atoms with Gasteiger partial charge in [0.25, 0.3) is 0 Å². The highest BCUT2D eigenvalue weighted by Gasteiger charge is 2.26. The van der Waals surface area contributed by atoms with Crippen molar-refractivity contribution < 1.29 is 12.8 Å². The van der Waals surface area contributed by atoms with Gasteiger partial charge in [0.05, 0.1) is 0 Å². The van der Waals surface area contributed by atoms with E-state index in [4.69, 9.17) is 17.3 Å². The number of likely N-dealkylation sites (N-methyl/N-ethyl adjacent to an activating group) is 1. The van der Waals surface area contributed by atoms with Gasteiger partial charge in [-0.1, -0.05) is 23.8 Å². The van der Waals surface area contributed by atoms with Gasteiger partial charge in [-0.15, -0.1) is 0 Å². The molecule has 0 saturated carbocycles. The Labute approximate surface area is 117 Å². The molecule has 0 atom stereocenters. The second-order valence-electron chi connectivity index (χ2n) is 4.30. The first-order valence-corrected chi connectivity index (χ1v) is 7.30. The van der Waals surface area contributed by atoms with Crippen LogP contribution in [0.4, 0.5) is 4.39 Å². The van der Waals surface area contributed by atoms with E-state index in [0.29, 0.717) is 5.57 Å². The van der Waals surface area contributed by atoms with Gasteiger partial charge in [-0.05, 0) is 19.1 Å². The number of benzene rings is 1. The van der Waals surface area contributed by atoms with Crippen molar-refractivity contribution in [3.8, 4) is 0 Å². The third-order valence-electron chi connectivity index (χ3n) is 2.48. The molecule has 0 aliphatic rings. The SMILES string of the molecule is C=C(C)CN(C)S(=O)(=O)c1cc(Cl)cc(CN)c1F. The lowest BCUT2D eigenvalue weighted by atomic mass is 10.2. The Balaban J connectivity index is 3.36. The minimum absolute atomic E-state index is 0.0646. The highest BCUT2D eigenvalue weighted by atomic mass is 35.5. The predicted octanol–water partition coefficient (Wildman–Crippen LogP) is 2.13. The van der Waals surface area contributed by atoms with Gasteiger partial charge in [-0.3, -0.25) is 0 Å². The minimum atomic E-state index is -3.96. The Hall–Kier alpha value is -0.950. The quantitative estimate of drug-likeness (QED) is 0.848. The number of sulfonamides is 1. The molecule has 0 fully saturated rings. The van der Waals surface area contributed by atoms with Crippen LogP contribution < -0.4 is 5.73 Å². The van der Waals surface area contributed by atoms with Crippen LogP contribution in [0.5, 0.6) is 0 Å². The van der Waals surface area contributed by atoms with E-state index in [1.807, 2.05) is 0 Å². The van der Waals surface area contributed by atoms with Gasteiger partial charge >= 0.3 is 0 Å². The van der Waals surface area contributed by atoms with Crippen LogP contribution in [0.2, 0.25) is 5.02 Å². The summed E-state index contributed by atoms with van der Waals surface area (Å²) in [6, 6.07) is 2.40. The zero-order chi connectivity index (χ0) is 14.8. The molecule has 0 bridgehead atoms. The summed E-state index contributed by atoms with van der Waals surface area (Å²) >= 11 is 5.79. The van der Waals surface area contributed by atoms with E-state index < -0.39 is 20.7 Å². The van der Waals surface area contributed by atoms with Crippen molar-refractivity contribution in [3.05, 3.63) is 40.7 Å². The second-order valence-corrected chi connectivity index (χ2v) is 6.75. The van der Waals surface area contributed by atoms with E-state index >= 15 is 0 Å². The Morgan fingerprint density at radius 1 is 1.53 bits per heavy atom. The molecule has 1 aromatic rings. The highest BCUT2D eigenvalue weighted by molar-refractivity contribution is 7.89. The van der Waals surface area contributed by atoms with E-state index in [0.717, 1.165) is 10.4 Å². The third-order valence-corrected chi connectivity index (χ3v) is 4.50. The van der Waals surface area contributed by atoms with Crippen molar-refractivity contribution in [1.29, 1.82) is 0 Å². The molecular formula is C12H16ClFN2O2S. The molecule has 7 heteroatoms. The summed E-state index contributed by atoms with van der Waals surface area (Å²) in [6.45, 7) is 5.29. The molecule has 0 heterocycles. The first kappa shape index (κ1) is 16.1. The van der Waals surface area contributed by atoms with Gasteiger partial charge in [-0.25, -0.2) is 12.8 Å². The van der Waals surface area contributed by atoms with Crippen LogP contribution in [-0.2, 0) is 16.6 Å². The van der Waals surface area contributed by atoms with Crippen molar-refractivity contribution in [2.24, 2.45) is 5.73 Å². The molecule has 0 saturated heterocycles. The minimum Gasteiger partial charge on any atom is -0.326 e. The molecule has 0 aromatic heterocycles. The number of nitrogens with two attached hydrogens (primary N) is 1. The monoisotopic (exact) mass is 306 g/mol. The van der Waals surface area contributed by atoms with Crippen LogP contribution in [0.3, 0.4) is 0 Å². The lowest BCUT2D eigenvalue weighted by molar-refractivity contribution is 0.482. The maximum atomic E-state index is 14.1. The van der Waals surface area contributed by atoms with Gasteiger partial charge in [-0.2, -0.15) is 4.31 Å². The molecular weight excluding hydrogens is 291 g/mol. The summed E-state index contributed by atoms with van der Waals surface area (Å²) < 4.78 is 39.6. The van der Waals surface area contributed by atoms with Gasteiger partial charge < -0.3 is 5.73 Å². The van der Waals surface area contributed by atoms with E-state index in [1.165, 1.54) is 13.1 Å². The summed E-state index contributed by atoms with van der Waals surface area (Å²) in [4.78, 5) is -0.468. The second kappa shape index (κ2) is 6.00. The summed E-state index contributed by atoms with van der Waals surface area (Å²) in [7, 11) is -2.61. The standard InChI is InChI=1S/C12H16ClFN2O2S/c1-8(2)7-16(3)19(17,18)11-5-10(13)4-9(6-15)12(11)14/h4-5H,1,6-7,15H2,2-3H3. The van der Waals surface area contributed by atoms with Crippen molar-refractivity contribution in [2.75, 3.05) is 13.6 Å². The van der Waals surface area contributed by atoms with Gasteiger partial charge in [0.15, 0.2) is 0 Å². The fourth-order valence-electron chi connectivity index (χ4n) is 1.59. The molecule has 0 unspecified atom stereocenters. The van der Waals surface area contributed by atoms with E-state index in [9.17, 15) is 12.8 Å². The summed E-state index contributed by atoms with van der Waals surface area (Å²) in [6.07, 6.45) is 0. The molecule has 0 spiro atoms. The average molecular weight is 307 g/mol.